The summed E-state index contributed by atoms with van der Waals surface area (Å²) < 4.78 is 5.99. The highest BCUT2D eigenvalue weighted by molar-refractivity contribution is 5.31. The van der Waals surface area contributed by atoms with E-state index in [0.717, 1.165) is 25.1 Å². The molecule has 1 aliphatic carbocycles. The average molecular weight is 261 g/mol. The summed E-state index contributed by atoms with van der Waals surface area (Å²) in [4.78, 5) is 0. The van der Waals surface area contributed by atoms with Gasteiger partial charge in [-0.25, -0.2) is 0 Å². The third kappa shape index (κ3) is 3.97. The van der Waals surface area contributed by atoms with Gasteiger partial charge < -0.3 is 10.1 Å². The molecule has 1 aliphatic rings. The average Bonchev–Trinajstić information content (AvgIpc) is 2.31. The van der Waals surface area contributed by atoms with E-state index in [2.05, 4.69) is 57.3 Å². The molecule has 1 aromatic carbocycles. The maximum absolute atomic E-state index is 5.99. The summed E-state index contributed by atoms with van der Waals surface area (Å²) in [6.45, 7) is 10.0. The van der Waals surface area contributed by atoms with Gasteiger partial charge in [0.25, 0.3) is 0 Å². The summed E-state index contributed by atoms with van der Waals surface area (Å²) in [5.74, 6) is 1.01. The second-order valence-electron chi connectivity index (χ2n) is 6.64. The summed E-state index contributed by atoms with van der Waals surface area (Å²) in [7, 11) is 0. The zero-order valence-corrected chi connectivity index (χ0v) is 12.7. The molecule has 0 bridgehead atoms. The lowest BCUT2D eigenvalue weighted by molar-refractivity contribution is 0.0852. The summed E-state index contributed by atoms with van der Waals surface area (Å²) in [6, 6.07) is 9.24. The quantitative estimate of drug-likeness (QED) is 0.868. The molecule has 1 fully saturated rings. The molecule has 1 saturated carbocycles. The zero-order chi connectivity index (χ0) is 13.9. The Bertz CT molecular complexity index is 385. The number of rotatable bonds is 5. The predicted molar refractivity (Wildman–Crippen MR) is 80.9 cm³/mol. The second-order valence-corrected chi connectivity index (χ2v) is 6.64. The largest absolute Gasteiger partial charge is 0.490 e. The molecule has 0 heterocycles. The molecule has 2 heteroatoms. The van der Waals surface area contributed by atoms with Gasteiger partial charge in [0.1, 0.15) is 11.9 Å². The van der Waals surface area contributed by atoms with E-state index < -0.39 is 0 Å². The summed E-state index contributed by atoms with van der Waals surface area (Å²) in [5, 5.41) is 3.53. The molecule has 0 unspecified atom stereocenters. The minimum Gasteiger partial charge on any atom is -0.490 e. The number of hydrogen-bond acceptors (Lipinski definition) is 2. The van der Waals surface area contributed by atoms with Crippen molar-refractivity contribution in [3.8, 4) is 5.75 Å². The fourth-order valence-corrected chi connectivity index (χ4v) is 2.40. The fourth-order valence-electron chi connectivity index (χ4n) is 2.40. The Labute approximate surface area is 117 Å². The van der Waals surface area contributed by atoms with Crippen LogP contribution in [-0.2, 0) is 5.41 Å². The molecule has 0 atom stereocenters. The van der Waals surface area contributed by atoms with E-state index in [1.54, 1.807) is 0 Å². The van der Waals surface area contributed by atoms with Crippen LogP contribution in [0.5, 0.6) is 5.75 Å². The maximum atomic E-state index is 5.99. The van der Waals surface area contributed by atoms with Crippen molar-refractivity contribution in [2.24, 2.45) is 0 Å². The van der Waals surface area contributed by atoms with Gasteiger partial charge in [-0.05, 0) is 48.9 Å². The lowest BCUT2D eigenvalue weighted by Gasteiger charge is -2.36. The molecule has 106 valence electrons. The smallest absolute Gasteiger partial charge is 0.119 e. The van der Waals surface area contributed by atoms with Crippen molar-refractivity contribution in [3.05, 3.63) is 29.8 Å². The normalized spacial score (nSPS) is 22.9. The first kappa shape index (κ1) is 14.4. The van der Waals surface area contributed by atoms with Gasteiger partial charge in [0, 0.05) is 6.04 Å². The van der Waals surface area contributed by atoms with Gasteiger partial charge in [0.05, 0.1) is 0 Å². The Morgan fingerprint density at radius 3 is 2.32 bits per heavy atom. The van der Waals surface area contributed by atoms with E-state index in [9.17, 15) is 0 Å². The minimum atomic E-state index is 0.212. The Morgan fingerprint density at radius 1 is 1.16 bits per heavy atom. The number of ether oxygens (including phenoxy) is 1. The van der Waals surface area contributed by atoms with Gasteiger partial charge in [0.2, 0.25) is 0 Å². The first-order valence-electron chi connectivity index (χ1n) is 7.49. The summed E-state index contributed by atoms with van der Waals surface area (Å²) in [6.07, 6.45) is 3.88. The Morgan fingerprint density at radius 2 is 1.79 bits per heavy atom. The third-order valence-corrected chi connectivity index (χ3v) is 3.80. The van der Waals surface area contributed by atoms with Crippen LogP contribution in [0.1, 0.15) is 52.5 Å². The second kappa shape index (κ2) is 5.96. The molecule has 0 saturated heterocycles. The summed E-state index contributed by atoms with van der Waals surface area (Å²) >= 11 is 0. The van der Waals surface area contributed by atoms with Crippen molar-refractivity contribution in [2.45, 2.75) is 64.5 Å². The van der Waals surface area contributed by atoms with Crippen molar-refractivity contribution in [1.82, 2.24) is 5.32 Å². The van der Waals surface area contributed by atoms with Gasteiger partial charge in [0.15, 0.2) is 0 Å². The standard InChI is InChI=1S/C17H27NO/c1-5-10-18-14-11-16(12-14)19-15-8-6-13(7-9-15)17(2,3)4/h6-9,14,16,18H,5,10-12H2,1-4H3. The molecule has 1 aromatic rings. The van der Waals surface area contributed by atoms with Crippen molar-refractivity contribution in [2.75, 3.05) is 6.54 Å². The molecule has 0 radical (unpaired) electrons. The van der Waals surface area contributed by atoms with Crippen LogP contribution in [0.2, 0.25) is 0 Å². The number of benzene rings is 1. The van der Waals surface area contributed by atoms with Gasteiger partial charge in [-0.3, -0.25) is 0 Å². The van der Waals surface area contributed by atoms with Crippen LogP contribution in [0, 0.1) is 0 Å². The molecule has 2 nitrogen and oxygen atoms in total. The SMILES string of the molecule is CCCNC1CC(Oc2ccc(C(C)(C)C)cc2)C1. The molecular weight excluding hydrogens is 234 g/mol. The Hall–Kier alpha value is -1.02. The van der Waals surface area contributed by atoms with E-state index in [1.807, 2.05) is 0 Å². The molecule has 0 aliphatic heterocycles. The van der Waals surface area contributed by atoms with E-state index in [1.165, 1.54) is 12.0 Å². The highest BCUT2D eigenvalue weighted by atomic mass is 16.5. The van der Waals surface area contributed by atoms with E-state index in [4.69, 9.17) is 4.74 Å². The van der Waals surface area contributed by atoms with Crippen LogP contribution in [0.25, 0.3) is 0 Å². The monoisotopic (exact) mass is 261 g/mol. The van der Waals surface area contributed by atoms with Gasteiger partial charge >= 0.3 is 0 Å². The lowest BCUT2D eigenvalue weighted by atomic mass is 9.87. The Balaban J connectivity index is 1.79. The molecule has 0 spiro atoms. The van der Waals surface area contributed by atoms with Crippen LogP contribution >= 0.6 is 0 Å². The molecule has 1 N–H and O–H groups in total. The molecular formula is C17H27NO. The molecule has 0 amide bonds. The third-order valence-electron chi connectivity index (χ3n) is 3.80. The van der Waals surface area contributed by atoms with Crippen LogP contribution in [0.15, 0.2) is 24.3 Å². The van der Waals surface area contributed by atoms with Gasteiger partial charge in [-0.1, -0.05) is 39.8 Å². The Kier molecular flexibility index (Phi) is 4.51. The van der Waals surface area contributed by atoms with E-state index in [-0.39, 0.29) is 5.41 Å². The highest BCUT2D eigenvalue weighted by Crippen LogP contribution is 2.28. The number of nitrogens with one attached hydrogen (secondary N) is 1. The fraction of sp³-hybridized carbons (Fsp3) is 0.647. The van der Waals surface area contributed by atoms with Crippen molar-refractivity contribution in [1.29, 1.82) is 0 Å². The van der Waals surface area contributed by atoms with Crippen molar-refractivity contribution in [3.63, 3.8) is 0 Å². The highest BCUT2D eigenvalue weighted by Gasteiger charge is 2.30. The lowest BCUT2D eigenvalue weighted by Crippen LogP contribution is -2.46. The predicted octanol–water partition coefficient (Wildman–Crippen LogP) is 3.89. The van der Waals surface area contributed by atoms with E-state index >= 15 is 0 Å². The van der Waals surface area contributed by atoms with Crippen LogP contribution in [-0.4, -0.2) is 18.7 Å². The zero-order valence-electron chi connectivity index (χ0n) is 12.7. The number of hydrogen-bond donors (Lipinski definition) is 1. The topological polar surface area (TPSA) is 21.3 Å². The van der Waals surface area contributed by atoms with Crippen LogP contribution in [0.4, 0.5) is 0 Å². The minimum absolute atomic E-state index is 0.212. The molecule has 19 heavy (non-hydrogen) atoms. The molecule has 2 rings (SSSR count). The van der Waals surface area contributed by atoms with Crippen molar-refractivity contribution < 1.29 is 4.74 Å². The van der Waals surface area contributed by atoms with Crippen LogP contribution in [0.3, 0.4) is 0 Å². The van der Waals surface area contributed by atoms with Gasteiger partial charge in [-0.15, -0.1) is 0 Å². The van der Waals surface area contributed by atoms with E-state index in [0.29, 0.717) is 12.1 Å². The molecule has 0 aromatic heterocycles. The van der Waals surface area contributed by atoms with Gasteiger partial charge in [-0.2, -0.15) is 0 Å². The maximum Gasteiger partial charge on any atom is 0.119 e. The first-order valence-corrected chi connectivity index (χ1v) is 7.49. The first-order chi connectivity index (χ1) is 8.99. The van der Waals surface area contributed by atoms with Crippen LogP contribution < -0.4 is 10.1 Å². The van der Waals surface area contributed by atoms with Crippen molar-refractivity contribution >= 4 is 0 Å². The summed E-state index contributed by atoms with van der Waals surface area (Å²) in [5.41, 5.74) is 1.57.